The molecule has 0 aliphatic rings. The van der Waals surface area contributed by atoms with Crippen LogP contribution in [0.1, 0.15) is 46.0 Å². The van der Waals surface area contributed by atoms with Crippen molar-refractivity contribution in [1.29, 1.82) is 0 Å². The van der Waals surface area contributed by atoms with Gasteiger partial charge in [0.25, 0.3) is 0 Å². The standard InChI is InChI=1S/C22H44N10O5S/c1-12(2)16(23)19(35)31-14(7-5-10-29-22(26)27)17(33)30-13(6-4-9-28-21(24)25)18(34)32-15(20(36)37)8-11-38-3/h12-16H,4-11,23H2,1-3H3,(H,30,33)(H,31,35)(H,32,34)(H,36,37)(H4,24,25,28)(H4,26,27,29). The van der Waals surface area contributed by atoms with E-state index in [4.69, 9.17) is 28.7 Å². The van der Waals surface area contributed by atoms with Gasteiger partial charge in [0, 0.05) is 13.1 Å². The van der Waals surface area contributed by atoms with Crippen LogP contribution in [0.25, 0.3) is 0 Å². The molecule has 0 bridgehead atoms. The molecule has 0 radical (unpaired) electrons. The molecule has 0 aliphatic carbocycles. The van der Waals surface area contributed by atoms with Gasteiger partial charge in [-0.3, -0.25) is 24.4 Å². The third-order valence-corrected chi connectivity index (χ3v) is 6.05. The van der Waals surface area contributed by atoms with Gasteiger partial charge in [0.05, 0.1) is 6.04 Å². The molecule has 15 nitrogen and oxygen atoms in total. The maximum Gasteiger partial charge on any atom is 0.326 e. The number of hydrogen-bond acceptors (Lipinski definition) is 8. The lowest BCUT2D eigenvalue weighted by Gasteiger charge is -2.25. The molecule has 0 aromatic rings. The predicted octanol–water partition coefficient (Wildman–Crippen LogP) is -2.63. The Hall–Kier alpha value is -3.27. The fourth-order valence-electron chi connectivity index (χ4n) is 3.15. The molecule has 0 aromatic carbocycles. The van der Waals surface area contributed by atoms with Crippen LogP contribution in [0.2, 0.25) is 0 Å². The van der Waals surface area contributed by atoms with Crippen molar-refractivity contribution >= 4 is 47.4 Å². The number of rotatable bonds is 19. The van der Waals surface area contributed by atoms with Gasteiger partial charge in [0.1, 0.15) is 18.1 Å². The summed E-state index contributed by atoms with van der Waals surface area (Å²) in [5.74, 6) is -2.93. The monoisotopic (exact) mass is 560 g/mol. The third-order valence-electron chi connectivity index (χ3n) is 5.40. The Kier molecular flexibility index (Phi) is 17.3. The summed E-state index contributed by atoms with van der Waals surface area (Å²) in [5, 5.41) is 17.2. The number of thioether (sulfide) groups is 1. The van der Waals surface area contributed by atoms with E-state index in [-0.39, 0.29) is 50.2 Å². The van der Waals surface area contributed by atoms with Gasteiger partial charge in [0.2, 0.25) is 17.7 Å². The van der Waals surface area contributed by atoms with Crippen LogP contribution in [0, 0.1) is 5.92 Å². The van der Waals surface area contributed by atoms with Crippen LogP contribution < -0.4 is 44.6 Å². The van der Waals surface area contributed by atoms with Crippen LogP contribution in [0.15, 0.2) is 9.98 Å². The number of carbonyl (C=O) groups is 4. The molecule has 4 unspecified atom stereocenters. The Labute approximate surface area is 227 Å². The average Bonchev–Trinajstić information content (AvgIpc) is 2.83. The summed E-state index contributed by atoms with van der Waals surface area (Å²) in [5.41, 5.74) is 27.3. The van der Waals surface area contributed by atoms with E-state index in [1.54, 1.807) is 13.8 Å². The van der Waals surface area contributed by atoms with Crippen molar-refractivity contribution in [3.63, 3.8) is 0 Å². The summed E-state index contributed by atoms with van der Waals surface area (Å²) >= 11 is 1.44. The van der Waals surface area contributed by atoms with Crippen molar-refractivity contribution in [3.05, 3.63) is 0 Å². The van der Waals surface area contributed by atoms with Crippen LogP contribution in [0.4, 0.5) is 0 Å². The second-order valence-corrected chi connectivity index (χ2v) is 9.96. The zero-order valence-electron chi connectivity index (χ0n) is 22.3. The van der Waals surface area contributed by atoms with E-state index in [1.165, 1.54) is 11.8 Å². The third kappa shape index (κ3) is 15.1. The van der Waals surface area contributed by atoms with Crippen LogP contribution in [-0.4, -0.2) is 90.0 Å². The smallest absolute Gasteiger partial charge is 0.326 e. The Morgan fingerprint density at radius 1 is 0.763 bits per heavy atom. The first-order valence-corrected chi connectivity index (χ1v) is 13.7. The quantitative estimate of drug-likeness (QED) is 0.0447. The van der Waals surface area contributed by atoms with Crippen LogP contribution in [-0.2, 0) is 19.2 Å². The predicted molar refractivity (Wildman–Crippen MR) is 149 cm³/mol. The molecule has 218 valence electrons. The zero-order valence-corrected chi connectivity index (χ0v) is 23.1. The molecule has 3 amide bonds. The SMILES string of the molecule is CSCCC(NC(=O)C(CCCN=C(N)N)NC(=O)C(CCCN=C(N)N)NC(=O)C(N)C(C)C)C(=O)O. The Morgan fingerprint density at radius 2 is 1.18 bits per heavy atom. The number of nitrogens with zero attached hydrogens (tertiary/aromatic N) is 2. The first kappa shape index (κ1) is 34.7. The maximum atomic E-state index is 13.2. The van der Waals surface area contributed by atoms with Gasteiger partial charge in [-0.05, 0) is 50.0 Å². The number of guanidine groups is 2. The molecule has 0 spiro atoms. The first-order chi connectivity index (χ1) is 17.8. The Morgan fingerprint density at radius 3 is 1.55 bits per heavy atom. The molecule has 0 saturated heterocycles. The van der Waals surface area contributed by atoms with Gasteiger partial charge in [0.15, 0.2) is 11.9 Å². The second kappa shape index (κ2) is 18.9. The van der Waals surface area contributed by atoms with Crippen LogP contribution in [0.5, 0.6) is 0 Å². The average molecular weight is 561 g/mol. The van der Waals surface area contributed by atoms with E-state index in [0.717, 1.165) is 0 Å². The van der Waals surface area contributed by atoms with Crippen LogP contribution >= 0.6 is 11.8 Å². The van der Waals surface area contributed by atoms with Gasteiger partial charge >= 0.3 is 5.97 Å². The molecule has 0 rings (SSSR count). The van der Waals surface area contributed by atoms with Crippen molar-refractivity contribution < 1.29 is 24.3 Å². The van der Waals surface area contributed by atoms with E-state index in [9.17, 15) is 24.3 Å². The molecule has 0 saturated carbocycles. The Balaban J connectivity index is 5.72. The fraction of sp³-hybridized carbons (Fsp3) is 0.727. The molecular weight excluding hydrogens is 516 g/mol. The number of carbonyl (C=O) groups excluding carboxylic acids is 3. The summed E-state index contributed by atoms with van der Waals surface area (Å²) in [4.78, 5) is 58.2. The normalized spacial score (nSPS) is 13.9. The summed E-state index contributed by atoms with van der Waals surface area (Å²) in [6.07, 6.45) is 2.97. The summed E-state index contributed by atoms with van der Waals surface area (Å²) in [7, 11) is 0. The summed E-state index contributed by atoms with van der Waals surface area (Å²) in [6, 6.07) is -4.13. The number of carboxylic acids is 1. The molecule has 0 aliphatic heterocycles. The summed E-state index contributed by atoms with van der Waals surface area (Å²) in [6.45, 7) is 3.95. The minimum atomic E-state index is -1.19. The van der Waals surface area contributed by atoms with Gasteiger partial charge in [-0.15, -0.1) is 0 Å². The highest BCUT2D eigenvalue weighted by Gasteiger charge is 2.30. The number of aliphatic carboxylic acids is 1. The minimum Gasteiger partial charge on any atom is -0.480 e. The second-order valence-electron chi connectivity index (χ2n) is 8.97. The number of hydrogen-bond donors (Lipinski definition) is 9. The summed E-state index contributed by atoms with van der Waals surface area (Å²) < 4.78 is 0. The van der Waals surface area contributed by atoms with E-state index in [0.29, 0.717) is 18.6 Å². The first-order valence-electron chi connectivity index (χ1n) is 12.3. The topological polar surface area (TPSA) is 279 Å². The molecule has 16 heteroatoms. The highest BCUT2D eigenvalue weighted by atomic mass is 32.2. The molecule has 4 atom stereocenters. The lowest BCUT2D eigenvalue weighted by Crippen LogP contribution is -2.57. The lowest BCUT2D eigenvalue weighted by molar-refractivity contribution is -0.142. The van der Waals surface area contributed by atoms with E-state index in [2.05, 4.69) is 25.9 Å². The fourth-order valence-corrected chi connectivity index (χ4v) is 3.62. The molecule has 14 N–H and O–H groups in total. The molecule has 38 heavy (non-hydrogen) atoms. The van der Waals surface area contributed by atoms with Gasteiger partial charge in [-0.25, -0.2) is 4.79 Å². The van der Waals surface area contributed by atoms with Crippen molar-refractivity contribution in [2.75, 3.05) is 25.1 Å². The van der Waals surface area contributed by atoms with Crippen molar-refractivity contribution in [2.24, 2.45) is 44.6 Å². The Bertz CT molecular complexity index is 831. The number of nitrogens with two attached hydrogens (primary N) is 5. The van der Waals surface area contributed by atoms with Crippen molar-refractivity contribution in [2.45, 2.75) is 70.1 Å². The number of aliphatic imine (C=N–C) groups is 2. The van der Waals surface area contributed by atoms with Crippen LogP contribution in [0.3, 0.4) is 0 Å². The van der Waals surface area contributed by atoms with E-state index < -0.39 is 47.9 Å². The molecule has 0 aromatic heterocycles. The maximum absolute atomic E-state index is 13.2. The van der Waals surface area contributed by atoms with Gasteiger partial charge < -0.3 is 49.7 Å². The highest BCUT2D eigenvalue weighted by Crippen LogP contribution is 2.07. The molecular formula is C22H44N10O5S. The largest absolute Gasteiger partial charge is 0.480 e. The van der Waals surface area contributed by atoms with E-state index in [1.807, 2.05) is 6.26 Å². The minimum absolute atomic E-state index is 0.108. The van der Waals surface area contributed by atoms with E-state index >= 15 is 0 Å². The number of amides is 3. The molecule has 0 heterocycles. The number of carboxylic acid groups (broad SMARTS) is 1. The zero-order chi connectivity index (χ0) is 29.3. The van der Waals surface area contributed by atoms with Crippen molar-refractivity contribution in [1.82, 2.24) is 16.0 Å². The van der Waals surface area contributed by atoms with Gasteiger partial charge in [-0.2, -0.15) is 11.8 Å². The van der Waals surface area contributed by atoms with Gasteiger partial charge in [-0.1, -0.05) is 13.8 Å². The number of nitrogens with one attached hydrogen (secondary N) is 3. The lowest BCUT2D eigenvalue weighted by atomic mass is 10.0. The van der Waals surface area contributed by atoms with Crippen molar-refractivity contribution in [3.8, 4) is 0 Å². The molecule has 0 fully saturated rings. The highest BCUT2D eigenvalue weighted by molar-refractivity contribution is 7.98.